The fourth-order valence-electron chi connectivity index (χ4n) is 5.38. The Morgan fingerprint density at radius 2 is 1.71 bits per heavy atom. The first-order chi connectivity index (χ1) is 14.6. The molecule has 0 spiro atoms. The van der Waals surface area contributed by atoms with E-state index in [9.17, 15) is 9.59 Å². The molecule has 1 aliphatic carbocycles. The van der Waals surface area contributed by atoms with E-state index < -0.39 is 5.97 Å². The Hall–Kier alpha value is -2.70. The first kappa shape index (κ1) is 23.0. The highest BCUT2D eigenvalue weighted by atomic mass is 16.5. The standard InChI is InChI=1S/C24H33NO6/c1-23(2)11-17-12-24(3,14-23)15-25(17)20(26)13-31-21(27)8-7-16-9-18(28-4)22(30-6)19(10-16)29-5/h7-10,17H,11-15H2,1-6H3/b8-7+/t17-,24-/m0/s1. The minimum atomic E-state index is -0.573. The number of amides is 1. The van der Waals surface area contributed by atoms with Crippen LogP contribution < -0.4 is 14.2 Å². The number of hydrogen-bond acceptors (Lipinski definition) is 6. The Bertz CT molecular complexity index is 852. The molecule has 2 atom stereocenters. The van der Waals surface area contributed by atoms with Crippen LogP contribution >= 0.6 is 0 Å². The van der Waals surface area contributed by atoms with Gasteiger partial charge in [-0.25, -0.2) is 4.79 Å². The van der Waals surface area contributed by atoms with Gasteiger partial charge in [-0.15, -0.1) is 0 Å². The topological polar surface area (TPSA) is 74.3 Å². The Kier molecular flexibility index (Phi) is 6.53. The van der Waals surface area contributed by atoms with Gasteiger partial charge in [0.1, 0.15) is 0 Å². The number of carbonyl (C=O) groups excluding carboxylic acids is 2. The van der Waals surface area contributed by atoms with Crippen LogP contribution in [0.25, 0.3) is 6.08 Å². The Labute approximate surface area is 184 Å². The molecule has 1 aliphatic heterocycles. The molecule has 1 amide bonds. The maximum atomic E-state index is 12.7. The molecule has 31 heavy (non-hydrogen) atoms. The number of hydrogen-bond donors (Lipinski definition) is 0. The smallest absolute Gasteiger partial charge is 0.331 e. The predicted octanol–water partition coefficient (Wildman–Crippen LogP) is 3.70. The van der Waals surface area contributed by atoms with E-state index in [0.29, 0.717) is 22.8 Å². The summed E-state index contributed by atoms with van der Waals surface area (Å²) in [6.07, 6.45) is 6.00. The van der Waals surface area contributed by atoms with Crippen molar-refractivity contribution < 1.29 is 28.5 Å². The van der Waals surface area contributed by atoms with Gasteiger partial charge in [0.2, 0.25) is 5.75 Å². The van der Waals surface area contributed by atoms with E-state index in [1.807, 2.05) is 4.90 Å². The highest BCUT2D eigenvalue weighted by Crippen LogP contribution is 2.52. The normalized spacial score (nSPS) is 24.2. The molecule has 7 heteroatoms. The van der Waals surface area contributed by atoms with Crippen molar-refractivity contribution in [1.82, 2.24) is 4.90 Å². The summed E-state index contributed by atoms with van der Waals surface area (Å²) in [7, 11) is 4.58. The van der Waals surface area contributed by atoms with Crippen molar-refractivity contribution in [3.05, 3.63) is 23.8 Å². The van der Waals surface area contributed by atoms with Crippen LogP contribution in [0, 0.1) is 10.8 Å². The lowest BCUT2D eigenvalue weighted by molar-refractivity contribution is -0.148. The first-order valence-electron chi connectivity index (χ1n) is 10.5. The van der Waals surface area contributed by atoms with E-state index in [4.69, 9.17) is 18.9 Å². The summed E-state index contributed by atoms with van der Waals surface area (Å²) in [6.45, 7) is 7.27. The first-order valence-corrected chi connectivity index (χ1v) is 10.5. The van der Waals surface area contributed by atoms with E-state index >= 15 is 0 Å². The lowest BCUT2D eigenvalue weighted by Crippen LogP contribution is -2.39. The summed E-state index contributed by atoms with van der Waals surface area (Å²) in [5.74, 6) is 0.753. The number of ether oxygens (including phenoxy) is 4. The molecule has 1 aromatic carbocycles. The maximum Gasteiger partial charge on any atom is 0.331 e. The molecule has 7 nitrogen and oxygen atoms in total. The van der Waals surface area contributed by atoms with Crippen LogP contribution in [-0.2, 0) is 14.3 Å². The van der Waals surface area contributed by atoms with Crippen molar-refractivity contribution >= 4 is 18.0 Å². The summed E-state index contributed by atoms with van der Waals surface area (Å²) in [5.41, 5.74) is 1.06. The van der Waals surface area contributed by atoms with Crippen molar-refractivity contribution in [2.45, 2.75) is 46.1 Å². The van der Waals surface area contributed by atoms with Crippen LogP contribution in [0.4, 0.5) is 0 Å². The average Bonchev–Trinajstić information content (AvgIpc) is 2.97. The second-order valence-electron chi connectivity index (χ2n) is 9.64. The zero-order valence-corrected chi connectivity index (χ0v) is 19.3. The molecule has 0 unspecified atom stereocenters. The SMILES string of the molecule is COc1cc(/C=C/C(=O)OCC(=O)N2C[C@@]3(C)C[C@@H]2CC(C)(C)C3)cc(OC)c1OC. The van der Waals surface area contributed by atoms with Gasteiger partial charge < -0.3 is 23.8 Å². The second kappa shape index (κ2) is 8.81. The molecule has 0 radical (unpaired) electrons. The van der Waals surface area contributed by atoms with E-state index in [2.05, 4.69) is 20.8 Å². The van der Waals surface area contributed by atoms with E-state index in [0.717, 1.165) is 25.8 Å². The lowest BCUT2D eigenvalue weighted by Gasteiger charge is -2.39. The van der Waals surface area contributed by atoms with Crippen molar-refractivity contribution in [3.63, 3.8) is 0 Å². The fourth-order valence-corrected chi connectivity index (χ4v) is 5.38. The monoisotopic (exact) mass is 431 g/mol. The van der Waals surface area contributed by atoms with Crippen molar-refractivity contribution in [2.24, 2.45) is 10.8 Å². The predicted molar refractivity (Wildman–Crippen MR) is 117 cm³/mol. The Morgan fingerprint density at radius 3 is 2.29 bits per heavy atom. The highest BCUT2D eigenvalue weighted by Gasteiger charge is 2.50. The van der Waals surface area contributed by atoms with E-state index in [1.165, 1.54) is 27.4 Å². The molecule has 2 bridgehead atoms. The summed E-state index contributed by atoms with van der Waals surface area (Å²) in [6, 6.07) is 3.68. The third-order valence-electron chi connectivity index (χ3n) is 6.17. The number of benzene rings is 1. The van der Waals surface area contributed by atoms with Crippen molar-refractivity contribution in [3.8, 4) is 17.2 Å². The third-order valence-corrected chi connectivity index (χ3v) is 6.17. The van der Waals surface area contributed by atoms with Crippen LogP contribution in [0.3, 0.4) is 0 Å². The fraction of sp³-hybridized carbons (Fsp3) is 0.583. The van der Waals surface area contributed by atoms with Crippen LogP contribution in [0.5, 0.6) is 17.2 Å². The van der Waals surface area contributed by atoms with Crippen LogP contribution in [0.15, 0.2) is 18.2 Å². The van der Waals surface area contributed by atoms with Gasteiger partial charge in [0.25, 0.3) is 5.91 Å². The molecule has 0 aromatic heterocycles. The quantitative estimate of drug-likeness (QED) is 0.484. The third kappa shape index (κ3) is 5.14. The number of likely N-dealkylation sites (tertiary alicyclic amines) is 1. The minimum absolute atomic E-state index is 0.124. The molecule has 1 saturated heterocycles. The zero-order chi connectivity index (χ0) is 22.8. The molecule has 3 rings (SSSR count). The van der Waals surface area contributed by atoms with Crippen LogP contribution in [-0.4, -0.2) is 57.3 Å². The van der Waals surface area contributed by atoms with Gasteiger partial charge in [-0.2, -0.15) is 0 Å². The van der Waals surface area contributed by atoms with Gasteiger partial charge in [0, 0.05) is 18.7 Å². The number of nitrogens with zero attached hydrogens (tertiary/aromatic N) is 1. The van der Waals surface area contributed by atoms with Gasteiger partial charge in [0.05, 0.1) is 21.3 Å². The zero-order valence-electron chi connectivity index (χ0n) is 19.3. The van der Waals surface area contributed by atoms with Crippen molar-refractivity contribution in [2.75, 3.05) is 34.5 Å². The lowest BCUT2D eigenvalue weighted by atomic mass is 9.65. The molecule has 1 heterocycles. The minimum Gasteiger partial charge on any atom is -0.493 e. The molecule has 170 valence electrons. The average molecular weight is 432 g/mol. The number of carbonyl (C=O) groups is 2. The highest BCUT2D eigenvalue weighted by molar-refractivity contribution is 5.89. The van der Waals surface area contributed by atoms with E-state index in [1.54, 1.807) is 18.2 Å². The van der Waals surface area contributed by atoms with Gasteiger partial charge in [-0.05, 0) is 53.9 Å². The Balaban J connectivity index is 1.59. The summed E-state index contributed by atoms with van der Waals surface area (Å²) in [5, 5.41) is 0. The molecule has 1 saturated carbocycles. The molecule has 2 aliphatic rings. The van der Waals surface area contributed by atoms with Gasteiger partial charge in [0.15, 0.2) is 18.1 Å². The molecule has 2 fully saturated rings. The molecule has 1 aromatic rings. The summed E-state index contributed by atoms with van der Waals surface area (Å²) < 4.78 is 21.1. The molecular formula is C24H33NO6. The summed E-state index contributed by atoms with van der Waals surface area (Å²) >= 11 is 0. The summed E-state index contributed by atoms with van der Waals surface area (Å²) in [4.78, 5) is 26.8. The largest absolute Gasteiger partial charge is 0.493 e. The second-order valence-corrected chi connectivity index (χ2v) is 9.64. The van der Waals surface area contributed by atoms with E-state index in [-0.39, 0.29) is 29.4 Å². The van der Waals surface area contributed by atoms with Crippen LogP contribution in [0.1, 0.15) is 45.6 Å². The maximum absolute atomic E-state index is 12.7. The van der Waals surface area contributed by atoms with Crippen molar-refractivity contribution in [1.29, 1.82) is 0 Å². The number of methoxy groups -OCH3 is 3. The van der Waals surface area contributed by atoms with Gasteiger partial charge in [-0.1, -0.05) is 20.8 Å². The number of esters is 1. The Morgan fingerprint density at radius 1 is 1.06 bits per heavy atom. The molecular weight excluding hydrogens is 398 g/mol. The van der Waals surface area contributed by atoms with Gasteiger partial charge >= 0.3 is 5.97 Å². The molecule has 0 N–H and O–H groups in total. The van der Waals surface area contributed by atoms with Crippen LogP contribution in [0.2, 0.25) is 0 Å². The number of rotatable bonds is 7. The number of fused-ring (bicyclic) bond motifs is 2. The van der Waals surface area contributed by atoms with Gasteiger partial charge in [-0.3, -0.25) is 4.79 Å².